The molecule has 0 spiro atoms. The average molecular weight is 280 g/mol. The highest BCUT2D eigenvalue weighted by atomic mass is 35.5. The van der Waals surface area contributed by atoms with Crippen molar-refractivity contribution in [3.63, 3.8) is 0 Å². The van der Waals surface area contributed by atoms with Crippen LogP contribution in [0.1, 0.15) is 19.4 Å². The van der Waals surface area contributed by atoms with Gasteiger partial charge in [-0.3, -0.25) is 4.79 Å². The van der Waals surface area contributed by atoms with Crippen molar-refractivity contribution in [2.24, 2.45) is 0 Å². The van der Waals surface area contributed by atoms with Crippen molar-refractivity contribution in [1.29, 1.82) is 0 Å². The molecule has 19 heavy (non-hydrogen) atoms. The van der Waals surface area contributed by atoms with E-state index in [0.29, 0.717) is 17.3 Å². The van der Waals surface area contributed by atoms with Gasteiger partial charge in [-0.1, -0.05) is 18.5 Å². The molecule has 0 fully saturated rings. The summed E-state index contributed by atoms with van der Waals surface area (Å²) in [4.78, 5) is 13.0. The average Bonchev–Trinajstić information content (AvgIpc) is 2.89. The summed E-state index contributed by atoms with van der Waals surface area (Å²) in [5.74, 6) is 0.335. The molecule has 100 valence electrons. The number of likely N-dealkylation sites (N-methyl/N-ethyl adjacent to an activating group) is 1. The number of benzene rings is 1. The molecule has 2 aromatic rings. The van der Waals surface area contributed by atoms with Crippen LogP contribution in [0.2, 0.25) is 5.02 Å². The summed E-state index contributed by atoms with van der Waals surface area (Å²) in [6, 6.07) is 6.69. The number of halogens is 1. The van der Waals surface area contributed by atoms with Crippen LogP contribution in [-0.2, 0) is 4.79 Å². The second-order valence-electron chi connectivity index (χ2n) is 3.98. The minimum Gasteiger partial charge on any atom is -0.357 e. The van der Waals surface area contributed by atoms with Gasteiger partial charge >= 0.3 is 0 Å². The Morgan fingerprint density at radius 1 is 1.42 bits per heavy atom. The van der Waals surface area contributed by atoms with E-state index >= 15 is 0 Å². The summed E-state index contributed by atoms with van der Waals surface area (Å²) >= 11 is 5.82. The number of hydrogen-bond donors (Lipinski definition) is 1. The van der Waals surface area contributed by atoms with E-state index in [0.717, 1.165) is 5.56 Å². The topological polar surface area (TPSA) is 72.7 Å². The lowest BCUT2D eigenvalue weighted by atomic mass is 10.2. The van der Waals surface area contributed by atoms with Gasteiger partial charge in [0.25, 0.3) is 0 Å². The Kier molecular flexibility index (Phi) is 4.11. The number of hydrogen-bond acceptors (Lipinski definition) is 4. The van der Waals surface area contributed by atoms with Crippen LogP contribution in [0.3, 0.4) is 0 Å². The third kappa shape index (κ3) is 2.90. The molecule has 0 aliphatic rings. The van der Waals surface area contributed by atoms with Crippen molar-refractivity contribution >= 4 is 17.5 Å². The molecule has 1 N–H and O–H groups in total. The van der Waals surface area contributed by atoms with Crippen LogP contribution in [-0.4, -0.2) is 33.2 Å². The number of rotatable bonds is 4. The molecule has 1 heterocycles. The van der Waals surface area contributed by atoms with Gasteiger partial charge in [-0.2, -0.15) is 4.80 Å². The predicted molar refractivity (Wildman–Crippen MR) is 71.7 cm³/mol. The molecule has 0 unspecified atom stereocenters. The summed E-state index contributed by atoms with van der Waals surface area (Å²) in [6.45, 7) is 1.89. The Hall–Kier alpha value is -1.95. The largest absolute Gasteiger partial charge is 0.357 e. The molecule has 0 saturated carbocycles. The van der Waals surface area contributed by atoms with Gasteiger partial charge in [-0.25, -0.2) is 0 Å². The molecule has 0 radical (unpaired) electrons. The molecule has 0 aliphatic heterocycles. The lowest BCUT2D eigenvalue weighted by Crippen LogP contribution is -2.30. The first kappa shape index (κ1) is 13.5. The van der Waals surface area contributed by atoms with Crippen LogP contribution in [0.4, 0.5) is 0 Å². The third-order valence-corrected chi connectivity index (χ3v) is 3.00. The minimum atomic E-state index is -0.446. The summed E-state index contributed by atoms with van der Waals surface area (Å²) in [5.41, 5.74) is 0.808. The first-order chi connectivity index (χ1) is 9.15. The highest BCUT2D eigenvalue weighted by molar-refractivity contribution is 6.30. The van der Waals surface area contributed by atoms with Gasteiger partial charge in [0.1, 0.15) is 0 Å². The fourth-order valence-corrected chi connectivity index (χ4v) is 1.82. The van der Waals surface area contributed by atoms with Crippen LogP contribution >= 0.6 is 11.6 Å². The van der Waals surface area contributed by atoms with Gasteiger partial charge in [-0.15, -0.1) is 10.2 Å². The first-order valence-corrected chi connectivity index (χ1v) is 6.30. The minimum absolute atomic E-state index is 0.137. The maximum Gasteiger partial charge on any atom is 0.246 e. The molecule has 6 nitrogen and oxygen atoms in total. The van der Waals surface area contributed by atoms with Gasteiger partial charge in [0.2, 0.25) is 11.7 Å². The fraction of sp³-hybridized carbons (Fsp3) is 0.333. The standard InChI is InChI=1S/C12H14ClN5O/c1-3-10(12(19)14-2)18-16-11(15-17-18)8-4-6-9(13)7-5-8/h4-7,10H,3H2,1-2H3,(H,14,19)/t10-/m1/s1. The number of carbonyl (C=O) groups is 1. The van der Waals surface area contributed by atoms with Crippen LogP contribution in [0, 0.1) is 0 Å². The van der Waals surface area contributed by atoms with E-state index in [1.807, 2.05) is 19.1 Å². The molecule has 1 aromatic carbocycles. The van der Waals surface area contributed by atoms with E-state index in [9.17, 15) is 4.79 Å². The molecular weight excluding hydrogens is 266 g/mol. The molecule has 7 heteroatoms. The monoisotopic (exact) mass is 279 g/mol. The number of aromatic nitrogens is 4. The molecule has 0 aliphatic carbocycles. The maximum absolute atomic E-state index is 11.7. The summed E-state index contributed by atoms with van der Waals surface area (Å²) in [7, 11) is 1.59. The van der Waals surface area contributed by atoms with Crippen molar-refractivity contribution in [1.82, 2.24) is 25.5 Å². The second kappa shape index (κ2) is 5.79. The van der Waals surface area contributed by atoms with Gasteiger partial charge in [0.05, 0.1) is 0 Å². The zero-order valence-corrected chi connectivity index (χ0v) is 11.4. The number of amides is 1. The molecular formula is C12H14ClN5O. The quantitative estimate of drug-likeness (QED) is 0.924. The van der Waals surface area contributed by atoms with Crippen LogP contribution < -0.4 is 5.32 Å². The molecule has 0 saturated heterocycles. The molecule has 1 aromatic heterocycles. The molecule has 1 amide bonds. The highest BCUT2D eigenvalue weighted by Gasteiger charge is 2.20. The van der Waals surface area contributed by atoms with Gasteiger partial charge < -0.3 is 5.32 Å². The highest BCUT2D eigenvalue weighted by Crippen LogP contribution is 2.18. The third-order valence-electron chi connectivity index (χ3n) is 2.75. The smallest absolute Gasteiger partial charge is 0.246 e. The molecule has 2 rings (SSSR count). The van der Waals surface area contributed by atoms with Gasteiger partial charge in [0.15, 0.2) is 6.04 Å². The maximum atomic E-state index is 11.7. The zero-order valence-electron chi connectivity index (χ0n) is 10.7. The number of carbonyl (C=O) groups excluding carboxylic acids is 1. The Labute approximate surface area is 115 Å². The van der Waals surface area contributed by atoms with E-state index < -0.39 is 6.04 Å². The normalized spacial score (nSPS) is 12.2. The van der Waals surface area contributed by atoms with E-state index in [2.05, 4.69) is 20.7 Å². The van der Waals surface area contributed by atoms with Crippen LogP contribution in [0.15, 0.2) is 24.3 Å². The van der Waals surface area contributed by atoms with Gasteiger partial charge in [-0.05, 0) is 35.9 Å². The van der Waals surface area contributed by atoms with Crippen LogP contribution in [0.25, 0.3) is 11.4 Å². The predicted octanol–water partition coefficient (Wildman–Crippen LogP) is 1.69. The zero-order chi connectivity index (χ0) is 13.8. The van der Waals surface area contributed by atoms with E-state index in [-0.39, 0.29) is 5.91 Å². The summed E-state index contributed by atoms with van der Waals surface area (Å²) < 4.78 is 0. The van der Waals surface area contributed by atoms with Gasteiger partial charge in [0, 0.05) is 17.6 Å². The first-order valence-electron chi connectivity index (χ1n) is 5.92. The van der Waals surface area contributed by atoms with E-state index in [4.69, 9.17) is 11.6 Å². The van der Waals surface area contributed by atoms with E-state index in [1.54, 1.807) is 19.2 Å². The Morgan fingerprint density at radius 3 is 2.68 bits per heavy atom. The fourth-order valence-electron chi connectivity index (χ4n) is 1.69. The molecule has 1 atom stereocenters. The Balaban J connectivity index is 2.27. The lowest BCUT2D eigenvalue weighted by molar-refractivity contribution is -0.124. The lowest BCUT2D eigenvalue weighted by Gasteiger charge is -2.10. The van der Waals surface area contributed by atoms with Crippen LogP contribution in [0.5, 0.6) is 0 Å². The Morgan fingerprint density at radius 2 is 2.11 bits per heavy atom. The Bertz CT molecular complexity index is 566. The van der Waals surface area contributed by atoms with Crippen molar-refractivity contribution in [2.75, 3.05) is 7.05 Å². The second-order valence-corrected chi connectivity index (χ2v) is 4.42. The van der Waals surface area contributed by atoms with Crippen molar-refractivity contribution in [2.45, 2.75) is 19.4 Å². The van der Waals surface area contributed by atoms with Crippen molar-refractivity contribution in [3.8, 4) is 11.4 Å². The summed E-state index contributed by atoms with van der Waals surface area (Å²) in [5, 5.41) is 15.4. The number of tetrazole rings is 1. The molecule has 0 bridgehead atoms. The van der Waals surface area contributed by atoms with E-state index in [1.165, 1.54) is 4.80 Å². The SMILES string of the molecule is CC[C@H](C(=O)NC)n1nnc(-c2ccc(Cl)cc2)n1. The number of nitrogens with zero attached hydrogens (tertiary/aromatic N) is 4. The van der Waals surface area contributed by atoms with Crippen molar-refractivity contribution < 1.29 is 4.79 Å². The van der Waals surface area contributed by atoms with Crippen molar-refractivity contribution in [3.05, 3.63) is 29.3 Å². The summed E-state index contributed by atoms with van der Waals surface area (Å²) in [6.07, 6.45) is 0.593. The number of nitrogens with one attached hydrogen (secondary N) is 1.